The summed E-state index contributed by atoms with van der Waals surface area (Å²) in [5, 5.41) is 15.0. The van der Waals surface area contributed by atoms with Crippen molar-refractivity contribution in [3.63, 3.8) is 0 Å². The molecule has 0 radical (unpaired) electrons. The van der Waals surface area contributed by atoms with E-state index in [1.165, 1.54) is 0 Å². The van der Waals surface area contributed by atoms with Crippen LogP contribution >= 0.6 is 34.5 Å². The van der Waals surface area contributed by atoms with Crippen molar-refractivity contribution in [3.05, 3.63) is 44.3 Å². The van der Waals surface area contributed by atoms with E-state index in [0.717, 1.165) is 9.88 Å². The Morgan fingerprint density at radius 3 is 2.86 bits per heavy atom. The lowest BCUT2D eigenvalue weighted by atomic mass is 10.3. The quantitative estimate of drug-likeness (QED) is 0.807. The minimum Gasteiger partial charge on any atom is -0.491 e. The number of aliphatic hydroxyl groups excluding tert-OH is 1. The van der Waals surface area contributed by atoms with Gasteiger partial charge >= 0.3 is 0 Å². The summed E-state index contributed by atoms with van der Waals surface area (Å²) in [4.78, 5) is 5.32. The molecule has 0 saturated carbocycles. The largest absolute Gasteiger partial charge is 0.491 e. The van der Waals surface area contributed by atoms with Gasteiger partial charge in [0.2, 0.25) is 0 Å². The summed E-state index contributed by atoms with van der Waals surface area (Å²) in [5.41, 5.74) is 0. The van der Waals surface area contributed by atoms with Crippen LogP contribution in [0.25, 0.3) is 0 Å². The Bertz CT molecular complexity index is 592. The molecule has 0 aliphatic carbocycles. The zero-order valence-electron chi connectivity index (χ0n) is 11.5. The fraction of sp³-hybridized carbons (Fsp3) is 0.357. The lowest BCUT2D eigenvalue weighted by Crippen LogP contribution is -2.30. The minimum atomic E-state index is -0.603. The van der Waals surface area contributed by atoms with Crippen molar-refractivity contribution in [2.24, 2.45) is 0 Å². The van der Waals surface area contributed by atoms with Crippen LogP contribution in [0.2, 0.25) is 10.0 Å². The number of rotatable bonds is 7. The molecular formula is C14H16Cl2N2O2S. The maximum absolute atomic E-state index is 9.86. The number of hydrogen-bond acceptors (Lipinski definition) is 5. The number of ether oxygens (including phenoxy) is 1. The summed E-state index contributed by atoms with van der Waals surface area (Å²) in [5.74, 6) is 0.585. The van der Waals surface area contributed by atoms with Gasteiger partial charge in [-0.25, -0.2) is 4.98 Å². The summed E-state index contributed by atoms with van der Waals surface area (Å²) in [6, 6.07) is 5.01. The highest BCUT2D eigenvalue weighted by molar-refractivity contribution is 7.11. The van der Waals surface area contributed by atoms with Crippen LogP contribution in [-0.2, 0) is 6.54 Å². The van der Waals surface area contributed by atoms with Crippen LogP contribution in [0.5, 0.6) is 5.75 Å². The van der Waals surface area contributed by atoms with Gasteiger partial charge in [0, 0.05) is 30.2 Å². The third-order valence-electron chi connectivity index (χ3n) is 2.68. The van der Waals surface area contributed by atoms with Crippen molar-refractivity contribution in [1.82, 2.24) is 10.3 Å². The van der Waals surface area contributed by atoms with E-state index in [9.17, 15) is 5.11 Å². The predicted molar refractivity (Wildman–Crippen MR) is 86.5 cm³/mol. The summed E-state index contributed by atoms with van der Waals surface area (Å²) in [7, 11) is 0. The standard InChI is InChI=1S/C14H16Cl2N2O2S/c1-9-18-7-12(21-9)6-17-5-10(19)8-20-11-2-3-13(15)14(16)4-11/h2-4,7,10,17,19H,5-6,8H2,1H3. The first-order chi connectivity index (χ1) is 10.0. The SMILES string of the molecule is Cc1ncc(CNCC(O)COc2ccc(Cl)c(Cl)c2)s1. The molecule has 0 aliphatic rings. The number of benzene rings is 1. The third-order valence-corrected chi connectivity index (χ3v) is 4.33. The van der Waals surface area contributed by atoms with E-state index in [1.54, 1.807) is 29.5 Å². The van der Waals surface area contributed by atoms with Gasteiger partial charge in [0.1, 0.15) is 18.5 Å². The van der Waals surface area contributed by atoms with Crippen molar-refractivity contribution in [2.75, 3.05) is 13.2 Å². The molecule has 1 aromatic carbocycles. The Morgan fingerprint density at radius 2 is 2.19 bits per heavy atom. The fourth-order valence-corrected chi connectivity index (χ4v) is 2.72. The molecule has 1 unspecified atom stereocenters. The summed E-state index contributed by atoms with van der Waals surface area (Å²) in [6.07, 6.45) is 1.24. The number of aliphatic hydroxyl groups is 1. The highest BCUT2D eigenvalue weighted by Crippen LogP contribution is 2.26. The normalized spacial score (nSPS) is 12.4. The lowest BCUT2D eigenvalue weighted by Gasteiger charge is -2.13. The number of hydrogen-bond donors (Lipinski definition) is 2. The molecule has 21 heavy (non-hydrogen) atoms. The van der Waals surface area contributed by atoms with E-state index in [2.05, 4.69) is 10.3 Å². The molecule has 0 aliphatic heterocycles. The number of nitrogens with zero attached hydrogens (tertiary/aromatic N) is 1. The maximum Gasteiger partial charge on any atom is 0.121 e. The lowest BCUT2D eigenvalue weighted by molar-refractivity contribution is 0.106. The molecule has 4 nitrogen and oxygen atoms in total. The molecular weight excluding hydrogens is 331 g/mol. The first kappa shape index (κ1) is 16.5. The van der Waals surface area contributed by atoms with Gasteiger partial charge < -0.3 is 15.2 Å². The second-order valence-electron chi connectivity index (χ2n) is 4.52. The van der Waals surface area contributed by atoms with Crippen molar-refractivity contribution in [2.45, 2.75) is 19.6 Å². The Hall–Kier alpha value is -0.850. The molecule has 1 aromatic heterocycles. The monoisotopic (exact) mass is 346 g/mol. The number of aromatic nitrogens is 1. The van der Waals surface area contributed by atoms with Crippen LogP contribution < -0.4 is 10.1 Å². The number of thiazole rings is 1. The van der Waals surface area contributed by atoms with Crippen LogP contribution in [0.15, 0.2) is 24.4 Å². The van der Waals surface area contributed by atoms with Gasteiger partial charge in [-0.15, -0.1) is 11.3 Å². The average molecular weight is 347 g/mol. The van der Waals surface area contributed by atoms with E-state index in [4.69, 9.17) is 27.9 Å². The van der Waals surface area contributed by atoms with Gasteiger partial charge in [-0.3, -0.25) is 0 Å². The number of nitrogens with one attached hydrogen (secondary N) is 1. The molecule has 2 aromatic rings. The van der Waals surface area contributed by atoms with Crippen LogP contribution in [-0.4, -0.2) is 29.3 Å². The van der Waals surface area contributed by atoms with Crippen LogP contribution in [0.3, 0.4) is 0 Å². The van der Waals surface area contributed by atoms with Crippen molar-refractivity contribution >= 4 is 34.5 Å². The molecule has 7 heteroatoms. The van der Waals surface area contributed by atoms with Gasteiger partial charge in [-0.2, -0.15) is 0 Å². The summed E-state index contributed by atoms with van der Waals surface area (Å²) < 4.78 is 5.47. The Balaban J connectivity index is 1.69. The molecule has 1 heterocycles. The van der Waals surface area contributed by atoms with E-state index >= 15 is 0 Å². The first-order valence-electron chi connectivity index (χ1n) is 6.42. The smallest absolute Gasteiger partial charge is 0.121 e. The van der Waals surface area contributed by atoms with Gasteiger partial charge in [0.25, 0.3) is 0 Å². The highest BCUT2D eigenvalue weighted by atomic mass is 35.5. The first-order valence-corrected chi connectivity index (χ1v) is 8.00. The van der Waals surface area contributed by atoms with E-state index < -0.39 is 6.10 Å². The second-order valence-corrected chi connectivity index (χ2v) is 6.65. The Kier molecular flexibility index (Phi) is 6.26. The maximum atomic E-state index is 9.86. The Labute approximate surface area is 137 Å². The van der Waals surface area contributed by atoms with E-state index in [1.807, 2.05) is 13.1 Å². The molecule has 114 valence electrons. The molecule has 1 atom stereocenters. The number of halogens is 2. The van der Waals surface area contributed by atoms with Crippen molar-refractivity contribution in [3.8, 4) is 5.75 Å². The molecule has 0 bridgehead atoms. The molecule has 2 rings (SSSR count). The Morgan fingerprint density at radius 1 is 1.38 bits per heavy atom. The molecule has 0 fully saturated rings. The van der Waals surface area contributed by atoms with Gasteiger partial charge in [-0.05, 0) is 19.1 Å². The summed E-state index contributed by atoms with van der Waals surface area (Å²) in [6.45, 7) is 3.29. The third kappa shape index (κ3) is 5.45. The van der Waals surface area contributed by atoms with Crippen LogP contribution in [0, 0.1) is 6.92 Å². The minimum absolute atomic E-state index is 0.187. The topological polar surface area (TPSA) is 54.4 Å². The average Bonchev–Trinajstić information content (AvgIpc) is 2.86. The van der Waals surface area contributed by atoms with E-state index in [-0.39, 0.29) is 6.61 Å². The molecule has 2 N–H and O–H groups in total. The zero-order valence-corrected chi connectivity index (χ0v) is 13.8. The van der Waals surface area contributed by atoms with Crippen LogP contribution in [0.4, 0.5) is 0 Å². The van der Waals surface area contributed by atoms with Gasteiger partial charge in [0.15, 0.2) is 0 Å². The van der Waals surface area contributed by atoms with Gasteiger partial charge in [-0.1, -0.05) is 23.2 Å². The molecule has 0 amide bonds. The molecule has 0 saturated heterocycles. The predicted octanol–water partition coefficient (Wildman–Crippen LogP) is 3.29. The van der Waals surface area contributed by atoms with Crippen molar-refractivity contribution in [1.29, 1.82) is 0 Å². The fourth-order valence-electron chi connectivity index (χ4n) is 1.67. The second kappa shape index (κ2) is 7.96. The highest BCUT2D eigenvalue weighted by Gasteiger charge is 2.07. The van der Waals surface area contributed by atoms with Crippen molar-refractivity contribution < 1.29 is 9.84 Å². The van der Waals surface area contributed by atoms with Gasteiger partial charge in [0.05, 0.1) is 15.1 Å². The van der Waals surface area contributed by atoms with Crippen LogP contribution in [0.1, 0.15) is 9.88 Å². The zero-order chi connectivity index (χ0) is 15.2. The summed E-state index contributed by atoms with van der Waals surface area (Å²) >= 11 is 13.4. The number of aryl methyl sites for hydroxylation is 1. The van der Waals surface area contributed by atoms with E-state index in [0.29, 0.717) is 28.9 Å². The molecule has 0 spiro atoms.